The van der Waals surface area contributed by atoms with Crippen LogP contribution in [0, 0.1) is 0 Å². The van der Waals surface area contributed by atoms with Gasteiger partial charge in [0.15, 0.2) is 0 Å². The van der Waals surface area contributed by atoms with E-state index in [9.17, 15) is 9.59 Å². The monoisotopic (exact) mass is 572 g/mol. The van der Waals surface area contributed by atoms with Crippen molar-refractivity contribution in [3.63, 3.8) is 0 Å². The van der Waals surface area contributed by atoms with Crippen molar-refractivity contribution < 1.29 is 14.3 Å². The molecular weight excluding hydrogens is 548 g/mol. The molecule has 0 N–H and O–H groups in total. The molecule has 0 saturated heterocycles. The summed E-state index contributed by atoms with van der Waals surface area (Å²) in [6.45, 7) is 0.459. The normalized spacial score (nSPS) is 11.1. The molecule has 0 aliphatic heterocycles. The molecule has 0 radical (unpaired) electrons. The van der Waals surface area contributed by atoms with Gasteiger partial charge in [0, 0.05) is 45.9 Å². The van der Waals surface area contributed by atoms with E-state index < -0.39 is 5.97 Å². The first-order chi connectivity index (χ1) is 17.8. The Kier molecular flexibility index (Phi) is 7.09. The van der Waals surface area contributed by atoms with Gasteiger partial charge in [0.05, 0.1) is 12.6 Å². The standard InChI is InChI=1S/C30H25BrN2O3S/c1-32(2)29(34)21-10-8-19(9-11-21)18-33-27-16-24(15-26(31)25(27)17-28(33)30(35)36-3)37-23-13-12-20-6-4-5-7-22(20)14-23/h4-17H,18H2,1-3H3. The third kappa shape index (κ3) is 5.15. The highest BCUT2D eigenvalue weighted by atomic mass is 79.9. The van der Waals surface area contributed by atoms with Crippen molar-refractivity contribution in [2.24, 2.45) is 0 Å². The zero-order valence-corrected chi connectivity index (χ0v) is 23.1. The maximum Gasteiger partial charge on any atom is 0.354 e. The lowest BCUT2D eigenvalue weighted by Crippen LogP contribution is -2.21. The predicted octanol–water partition coefficient (Wildman–Crippen LogP) is 7.24. The van der Waals surface area contributed by atoms with Crippen molar-refractivity contribution in [2.75, 3.05) is 21.2 Å². The van der Waals surface area contributed by atoms with Gasteiger partial charge in [0.25, 0.3) is 5.91 Å². The number of amides is 1. The molecule has 1 amide bonds. The van der Waals surface area contributed by atoms with Crippen molar-refractivity contribution in [1.82, 2.24) is 9.47 Å². The highest BCUT2D eigenvalue weighted by molar-refractivity contribution is 9.10. The summed E-state index contributed by atoms with van der Waals surface area (Å²) in [6, 6.07) is 28.3. The van der Waals surface area contributed by atoms with E-state index in [1.807, 2.05) is 47.0 Å². The highest BCUT2D eigenvalue weighted by Crippen LogP contribution is 2.37. The van der Waals surface area contributed by atoms with Gasteiger partial charge in [-0.25, -0.2) is 4.79 Å². The lowest BCUT2D eigenvalue weighted by Gasteiger charge is -2.13. The minimum atomic E-state index is -0.397. The van der Waals surface area contributed by atoms with E-state index in [0.717, 1.165) is 30.7 Å². The molecule has 5 rings (SSSR count). The molecule has 37 heavy (non-hydrogen) atoms. The van der Waals surface area contributed by atoms with E-state index in [-0.39, 0.29) is 5.91 Å². The topological polar surface area (TPSA) is 51.5 Å². The first kappa shape index (κ1) is 25.1. The summed E-state index contributed by atoms with van der Waals surface area (Å²) in [5, 5.41) is 3.33. The quantitative estimate of drug-likeness (QED) is 0.201. The van der Waals surface area contributed by atoms with Crippen LogP contribution in [0.2, 0.25) is 0 Å². The van der Waals surface area contributed by atoms with E-state index in [1.54, 1.807) is 30.8 Å². The van der Waals surface area contributed by atoms with E-state index in [2.05, 4.69) is 58.4 Å². The molecule has 0 aliphatic carbocycles. The van der Waals surface area contributed by atoms with Crippen LogP contribution in [0.25, 0.3) is 21.7 Å². The van der Waals surface area contributed by atoms with Crippen LogP contribution in [0.5, 0.6) is 0 Å². The second kappa shape index (κ2) is 10.4. The number of benzene rings is 4. The van der Waals surface area contributed by atoms with E-state index in [1.165, 1.54) is 17.9 Å². The summed E-state index contributed by atoms with van der Waals surface area (Å²) >= 11 is 5.40. The first-order valence-corrected chi connectivity index (χ1v) is 13.3. The highest BCUT2D eigenvalue weighted by Gasteiger charge is 2.19. The Morgan fingerprint density at radius 1 is 0.892 bits per heavy atom. The van der Waals surface area contributed by atoms with Crippen LogP contribution < -0.4 is 0 Å². The van der Waals surface area contributed by atoms with Gasteiger partial charge in [-0.1, -0.05) is 70.2 Å². The molecule has 1 heterocycles. The van der Waals surface area contributed by atoms with Crippen LogP contribution >= 0.6 is 27.7 Å². The molecule has 0 atom stereocenters. The molecule has 0 fully saturated rings. The Morgan fingerprint density at radius 2 is 1.62 bits per heavy atom. The zero-order chi connectivity index (χ0) is 26.1. The van der Waals surface area contributed by atoms with E-state index in [4.69, 9.17) is 4.74 Å². The molecule has 186 valence electrons. The Labute approximate surface area is 228 Å². The number of halogens is 1. The van der Waals surface area contributed by atoms with E-state index >= 15 is 0 Å². The van der Waals surface area contributed by atoms with Gasteiger partial charge >= 0.3 is 5.97 Å². The van der Waals surface area contributed by atoms with Gasteiger partial charge in [0.2, 0.25) is 0 Å². The van der Waals surface area contributed by atoms with Gasteiger partial charge in [-0.05, 0) is 58.8 Å². The van der Waals surface area contributed by atoms with E-state index in [0.29, 0.717) is 17.8 Å². The Hall–Kier alpha value is -3.55. The number of aromatic nitrogens is 1. The molecule has 4 aromatic carbocycles. The molecule has 0 unspecified atom stereocenters. The molecular formula is C30H25BrN2O3S. The van der Waals surface area contributed by atoms with Gasteiger partial charge in [-0.2, -0.15) is 0 Å². The number of hydrogen-bond acceptors (Lipinski definition) is 4. The zero-order valence-electron chi connectivity index (χ0n) is 20.7. The number of nitrogens with zero attached hydrogens (tertiary/aromatic N) is 2. The lowest BCUT2D eigenvalue weighted by molar-refractivity contribution is 0.0589. The first-order valence-electron chi connectivity index (χ1n) is 11.7. The Morgan fingerprint density at radius 3 is 2.32 bits per heavy atom. The van der Waals surface area contributed by atoms with Gasteiger partial charge in [-0.15, -0.1) is 0 Å². The summed E-state index contributed by atoms with van der Waals surface area (Å²) in [4.78, 5) is 28.7. The number of carbonyl (C=O) groups is 2. The maximum absolute atomic E-state index is 12.7. The molecule has 7 heteroatoms. The summed E-state index contributed by atoms with van der Waals surface area (Å²) < 4.78 is 7.98. The summed E-state index contributed by atoms with van der Waals surface area (Å²) in [7, 11) is 4.86. The molecule has 5 aromatic rings. The molecule has 0 bridgehead atoms. The lowest BCUT2D eigenvalue weighted by atomic mass is 10.1. The number of rotatable bonds is 6. The van der Waals surface area contributed by atoms with Crippen molar-refractivity contribution in [3.05, 3.63) is 106 Å². The number of hydrogen-bond donors (Lipinski definition) is 0. The minimum absolute atomic E-state index is 0.0486. The average molecular weight is 574 g/mol. The van der Waals surface area contributed by atoms with Crippen LogP contribution in [0.1, 0.15) is 26.4 Å². The Bertz CT molecular complexity index is 1640. The van der Waals surface area contributed by atoms with Crippen molar-refractivity contribution in [2.45, 2.75) is 16.3 Å². The maximum atomic E-state index is 12.7. The average Bonchev–Trinajstić information content (AvgIpc) is 3.26. The smallest absolute Gasteiger partial charge is 0.354 e. The van der Waals surface area contributed by atoms with Crippen LogP contribution in [-0.2, 0) is 11.3 Å². The number of esters is 1. The number of carbonyl (C=O) groups excluding carboxylic acids is 2. The number of methoxy groups -OCH3 is 1. The van der Waals surface area contributed by atoms with Gasteiger partial charge in [-0.3, -0.25) is 4.79 Å². The van der Waals surface area contributed by atoms with Crippen molar-refractivity contribution in [1.29, 1.82) is 0 Å². The third-order valence-corrected chi connectivity index (χ3v) is 7.86. The van der Waals surface area contributed by atoms with Crippen LogP contribution in [-0.4, -0.2) is 42.5 Å². The second-order valence-corrected chi connectivity index (χ2v) is 11.0. The van der Waals surface area contributed by atoms with Crippen molar-refractivity contribution in [3.8, 4) is 0 Å². The number of fused-ring (bicyclic) bond motifs is 2. The van der Waals surface area contributed by atoms with Crippen molar-refractivity contribution >= 4 is 61.2 Å². The van der Waals surface area contributed by atoms with Gasteiger partial charge in [0.1, 0.15) is 5.69 Å². The fraction of sp³-hybridized carbons (Fsp3) is 0.133. The predicted molar refractivity (Wildman–Crippen MR) is 153 cm³/mol. The molecule has 1 aromatic heterocycles. The third-order valence-electron chi connectivity index (χ3n) is 6.24. The molecule has 5 nitrogen and oxygen atoms in total. The van der Waals surface area contributed by atoms with Gasteiger partial charge < -0.3 is 14.2 Å². The minimum Gasteiger partial charge on any atom is -0.464 e. The summed E-state index contributed by atoms with van der Waals surface area (Å²) in [5.74, 6) is -0.446. The SMILES string of the molecule is COC(=O)c1cc2c(Br)cc(Sc3ccc4ccccc4c3)cc2n1Cc1ccc(C(=O)N(C)C)cc1. The fourth-order valence-electron chi connectivity index (χ4n) is 4.35. The fourth-order valence-corrected chi connectivity index (χ4v) is 6.01. The number of ether oxygens (including phenoxy) is 1. The van der Waals surface area contributed by atoms with Crippen LogP contribution in [0.4, 0.5) is 0 Å². The van der Waals surface area contributed by atoms with Crippen LogP contribution in [0.3, 0.4) is 0 Å². The summed E-state index contributed by atoms with van der Waals surface area (Å²) in [5.41, 5.74) is 2.99. The Balaban J connectivity index is 1.54. The van der Waals surface area contributed by atoms with Crippen LogP contribution in [0.15, 0.2) is 99.2 Å². The molecule has 0 aliphatic rings. The summed E-state index contributed by atoms with van der Waals surface area (Å²) in [6.07, 6.45) is 0. The largest absolute Gasteiger partial charge is 0.464 e. The second-order valence-electron chi connectivity index (χ2n) is 8.95. The molecule has 0 saturated carbocycles. The molecule has 0 spiro atoms.